The number of benzene rings is 1. The van der Waals surface area contributed by atoms with Crippen LogP contribution in [-0.2, 0) is 11.3 Å². The van der Waals surface area contributed by atoms with E-state index in [1.807, 2.05) is 0 Å². The van der Waals surface area contributed by atoms with Crippen LogP contribution >= 0.6 is 0 Å². The van der Waals surface area contributed by atoms with Gasteiger partial charge in [-0.05, 0) is 38.3 Å². The first-order valence-corrected chi connectivity index (χ1v) is 8.50. The van der Waals surface area contributed by atoms with Crippen molar-refractivity contribution in [1.82, 2.24) is 4.90 Å². The topological polar surface area (TPSA) is 35.9 Å². The monoisotopic (exact) mass is 304 g/mol. The number of anilines is 1. The number of ether oxygens (including phenoxy) is 1. The van der Waals surface area contributed by atoms with Gasteiger partial charge in [0.05, 0.1) is 18.8 Å². The summed E-state index contributed by atoms with van der Waals surface area (Å²) in [6, 6.07) is 9.37. The van der Waals surface area contributed by atoms with Gasteiger partial charge in [-0.15, -0.1) is 0 Å². The zero-order valence-corrected chi connectivity index (χ0v) is 13.7. The molecule has 1 aliphatic carbocycles. The SMILES string of the molecule is CC1CN(c2ccccc2CN(CCO)C2CC2)CC(C)O1. The summed E-state index contributed by atoms with van der Waals surface area (Å²) in [7, 11) is 0. The zero-order valence-electron chi connectivity index (χ0n) is 13.7. The van der Waals surface area contributed by atoms with Crippen LogP contribution in [0.25, 0.3) is 0 Å². The Bertz CT molecular complexity index is 480. The van der Waals surface area contributed by atoms with Gasteiger partial charge in [0.1, 0.15) is 0 Å². The highest BCUT2D eigenvalue weighted by atomic mass is 16.5. The molecule has 2 unspecified atom stereocenters. The molecule has 1 saturated carbocycles. The van der Waals surface area contributed by atoms with Crippen LogP contribution in [0.3, 0.4) is 0 Å². The summed E-state index contributed by atoms with van der Waals surface area (Å²) in [5.74, 6) is 0. The van der Waals surface area contributed by atoms with E-state index in [1.54, 1.807) is 0 Å². The molecule has 2 aliphatic rings. The van der Waals surface area contributed by atoms with Crippen LogP contribution in [-0.4, -0.2) is 54.5 Å². The fraction of sp³-hybridized carbons (Fsp3) is 0.667. The van der Waals surface area contributed by atoms with E-state index in [0.717, 1.165) is 26.2 Å². The lowest BCUT2D eigenvalue weighted by Gasteiger charge is -2.38. The molecule has 1 aromatic rings. The van der Waals surface area contributed by atoms with Crippen molar-refractivity contribution >= 4 is 5.69 Å². The lowest BCUT2D eigenvalue weighted by Crippen LogP contribution is -2.46. The molecule has 1 aromatic carbocycles. The average Bonchev–Trinajstić information content (AvgIpc) is 3.31. The van der Waals surface area contributed by atoms with Crippen molar-refractivity contribution in [1.29, 1.82) is 0 Å². The molecule has 0 bridgehead atoms. The normalized spacial score (nSPS) is 25.7. The van der Waals surface area contributed by atoms with Gasteiger partial charge in [-0.25, -0.2) is 0 Å². The zero-order chi connectivity index (χ0) is 15.5. The molecule has 0 radical (unpaired) electrons. The molecule has 1 saturated heterocycles. The Hall–Kier alpha value is -1.10. The second-order valence-corrected chi connectivity index (χ2v) is 6.72. The van der Waals surface area contributed by atoms with Crippen LogP contribution in [0, 0.1) is 0 Å². The van der Waals surface area contributed by atoms with Crippen molar-refractivity contribution in [3.8, 4) is 0 Å². The van der Waals surface area contributed by atoms with Crippen molar-refractivity contribution in [2.45, 2.75) is 51.5 Å². The maximum Gasteiger partial charge on any atom is 0.0726 e. The molecule has 4 nitrogen and oxygen atoms in total. The highest BCUT2D eigenvalue weighted by molar-refractivity contribution is 5.54. The van der Waals surface area contributed by atoms with Gasteiger partial charge in [0, 0.05) is 37.9 Å². The van der Waals surface area contributed by atoms with Crippen LogP contribution in [0.5, 0.6) is 0 Å². The Morgan fingerprint density at radius 1 is 1.18 bits per heavy atom. The van der Waals surface area contributed by atoms with Gasteiger partial charge in [0.15, 0.2) is 0 Å². The van der Waals surface area contributed by atoms with E-state index in [9.17, 15) is 5.11 Å². The smallest absolute Gasteiger partial charge is 0.0726 e. The molecule has 3 rings (SSSR count). The van der Waals surface area contributed by atoms with E-state index in [-0.39, 0.29) is 18.8 Å². The summed E-state index contributed by atoms with van der Waals surface area (Å²) in [6.07, 6.45) is 3.09. The van der Waals surface area contributed by atoms with Gasteiger partial charge < -0.3 is 14.7 Å². The number of para-hydroxylation sites is 1. The van der Waals surface area contributed by atoms with E-state index in [2.05, 4.69) is 47.9 Å². The average molecular weight is 304 g/mol. The van der Waals surface area contributed by atoms with Crippen LogP contribution in [0.4, 0.5) is 5.69 Å². The molecule has 1 aliphatic heterocycles. The molecule has 4 heteroatoms. The molecule has 2 fully saturated rings. The summed E-state index contributed by atoms with van der Waals surface area (Å²) in [5, 5.41) is 9.31. The van der Waals surface area contributed by atoms with Gasteiger partial charge in [-0.1, -0.05) is 18.2 Å². The molecule has 1 N–H and O–H groups in total. The van der Waals surface area contributed by atoms with Gasteiger partial charge in [-0.3, -0.25) is 4.90 Å². The van der Waals surface area contributed by atoms with Crippen LogP contribution < -0.4 is 4.90 Å². The Morgan fingerprint density at radius 3 is 2.50 bits per heavy atom. The lowest BCUT2D eigenvalue weighted by atomic mass is 10.1. The van der Waals surface area contributed by atoms with Crippen molar-refractivity contribution < 1.29 is 9.84 Å². The number of aliphatic hydroxyl groups excluding tert-OH is 1. The van der Waals surface area contributed by atoms with E-state index in [4.69, 9.17) is 4.74 Å². The number of nitrogens with zero attached hydrogens (tertiary/aromatic N) is 2. The van der Waals surface area contributed by atoms with Crippen molar-refractivity contribution in [3.63, 3.8) is 0 Å². The first-order chi connectivity index (χ1) is 10.7. The molecule has 0 spiro atoms. The third kappa shape index (κ3) is 3.80. The van der Waals surface area contributed by atoms with E-state index in [1.165, 1.54) is 24.1 Å². The van der Waals surface area contributed by atoms with E-state index >= 15 is 0 Å². The minimum Gasteiger partial charge on any atom is -0.395 e. The minimum absolute atomic E-state index is 0.240. The Labute approximate surface area is 133 Å². The van der Waals surface area contributed by atoms with Crippen molar-refractivity contribution in [3.05, 3.63) is 29.8 Å². The first kappa shape index (κ1) is 15.8. The second-order valence-electron chi connectivity index (χ2n) is 6.72. The maximum atomic E-state index is 9.31. The largest absolute Gasteiger partial charge is 0.395 e. The summed E-state index contributed by atoms with van der Waals surface area (Å²) in [4.78, 5) is 4.88. The Morgan fingerprint density at radius 2 is 1.86 bits per heavy atom. The van der Waals surface area contributed by atoms with Gasteiger partial charge >= 0.3 is 0 Å². The highest BCUT2D eigenvalue weighted by Gasteiger charge is 2.30. The fourth-order valence-corrected chi connectivity index (χ4v) is 3.51. The first-order valence-electron chi connectivity index (χ1n) is 8.50. The molecule has 2 atom stereocenters. The van der Waals surface area contributed by atoms with E-state index < -0.39 is 0 Å². The summed E-state index contributed by atoms with van der Waals surface area (Å²) in [6.45, 7) is 8.14. The number of morpholine rings is 1. The number of hydrogen-bond donors (Lipinski definition) is 1. The molecule has 0 amide bonds. The predicted octanol–water partition coefficient (Wildman–Crippen LogP) is 2.26. The Kier molecular flexibility index (Phi) is 5.01. The quantitative estimate of drug-likeness (QED) is 0.874. The third-order valence-corrected chi connectivity index (χ3v) is 4.58. The van der Waals surface area contributed by atoms with Gasteiger partial charge in [0.25, 0.3) is 0 Å². The van der Waals surface area contributed by atoms with Crippen LogP contribution in [0.2, 0.25) is 0 Å². The third-order valence-electron chi connectivity index (χ3n) is 4.58. The molecule has 22 heavy (non-hydrogen) atoms. The Balaban J connectivity index is 1.77. The second kappa shape index (κ2) is 6.99. The standard InChI is InChI=1S/C18H28N2O2/c1-14-11-20(12-15(2)22-14)18-6-4-3-5-16(18)13-19(9-10-21)17-7-8-17/h3-6,14-15,17,21H,7-13H2,1-2H3. The minimum atomic E-state index is 0.240. The van der Waals surface area contributed by atoms with Gasteiger partial charge in [0.2, 0.25) is 0 Å². The number of hydrogen-bond acceptors (Lipinski definition) is 4. The van der Waals surface area contributed by atoms with Crippen LogP contribution in [0.1, 0.15) is 32.3 Å². The molecule has 1 heterocycles. The maximum absolute atomic E-state index is 9.31. The molecular formula is C18H28N2O2. The number of rotatable bonds is 6. The number of aliphatic hydroxyl groups is 1. The summed E-state index contributed by atoms with van der Waals surface area (Å²) in [5.41, 5.74) is 2.69. The van der Waals surface area contributed by atoms with Crippen LogP contribution in [0.15, 0.2) is 24.3 Å². The van der Waals surface area contributed by atoms with E-state index in [0.29, 0.717) is 6.04 Å². The molecular weight excluding hydrogens is 276 g/mol. The van der Waals surface area contributed by atoms with Crippen molar-refractivity contribution in [2.75, 3.05) is 31.1 Å². The van der Waals surface area contributed by atoms with Gasteiger partial charge in [-0.2, -0.15) is 0 Å². The molecule has 0 aromatic heterocycles. The van der Waals surface area contributed by atoms with Crippen molar-refractivity contribution in [2.24, 2.45) is 0 Å². The lowest BCUT2D eigenvalue weighted by molar-refractivity contribution is -0.00529. The highest BCUT2D eigenvalue weighted by Crippen LogP contribution is 2.31. The molecule has 122 valence electrons. The fourth-order valence-electron chi connectivity index (χ4n) is 3.51. The predicted molar refractivity (Wildman–Crippen MR) is 89.2 cm³/mol. The summed E-state index contributed by atoms with van der Waals surface area (Å²) >= 11 is 0. The summed E-state index contributed by atoms with van der Waals surface area (Å²) < 4.78 is 5.86.